The first-order chi connectivity index (χ1) is 12.6. The van der Waals surface area contributed by atoms with Crippen molar-refractivity contribution in [1.29, 1.82) is 0 Å². The number of para-hydroxylation sites is 2. The zero-order chi connectivity index (χ0) is 18.5. The Labute approximate surface area is 156 Å². The van der Waals surface area contributed by atoms with Crippen LogP contribution in [0.1, 0.15) is 45.2 Å². The lowest BCUT2D eigenvalue weighted by atomic mass is 9.97. The summed E-state index contributed by atoms with van der Waals surface area (Å²) in [7, 11) is 0. The number of anilines is 1. The van der Waals surface area contributed by atoms with Crippen molar-refractivity contribution in [3.63, 3.8) is 0 Å². The number of amides is 1. The molecule has 1 aromatic carbocycles. The molecule has 2 heterocycles. The van der Waals surface area contributed by atoms with E-state index in [4.69, 9.17) is 9.97 Å². The first kappa shape index (κ1) is 18.6. The Morgan fingerprint density at radius 3 is 2.35 bits per heavy atom. The average Bonchev–Trinajstić information content (AvgIpc) is 2.68. The van der Waals surface area contributed by atoms with Crippen molar-refractivity contribution in [3.8, 4) is 0 Å². The number of rotatable bonds is 6. The van der Waals surface area contributed by atoms with Gasteiger partial charge in [0.15, 0.2) is 5.82 Å². The lowest BCUT2D eigenvalue weighted by Crippen LogP contribution is -2.50. The first-order valence-corrected chi connectivity index (χ1v) is 9.91. The van der Waals surface area contributed by atoms with Gasteiger partial charge in [-0.25, -0.2) is 9.97 Å². The number of aryl methyl sites for hydroxylation is 1. The summed E-state index contributed by atoms with van der Waals surface area (Å²) in [4.78, 5) is 26.6. The molecule has 1 atom stereocenters. The molecule has 2 aromatic rings. The van der Waals surface area contributed by atoms with Crippen LogP contribution in [0.25, 0.3) is 11.0 Å². The van der Waals surface area contributed by atoms with Crippen molar-refractivity contribution >= 4 is 22.8 Å². The second-order valence-corrected chi connectivity index (χ2v) is 7.18. The largest absolute Gasteiger partial charge is 0.352 e. The van der Waals surface area contributed by atoms with Gasteiger partial charge in [0, 0.05) is 32.1 Å². The molecule has 1 aliphatic rings. The minimum absolute atomic E-state index is 0.184. The topological polar surface area (TPSA) is 49.3 Å². The van der Waals surface area contributed by atoms with Crippen molar-refractivity contribution in [1.82, 2.24) is 14.9 Å². The van der Waals surface area contributed by atoms with Crippen LogP contribution < -0.4 is 4.90 Å². The molecular weight excluding hydrogens is 324 g/mol. The van der Waals surface area contributed by atoms with E-state index in [-0.39, 0.29) is 5.92 Å². The first-order valence-electron chi connectivity index (χ1n) is 9.91. The highest BCUT2D eigenvalue weighted by molar-refractivity contribution is 5.79. The van der Waals surface area contributed by atoms with Crippen LogP contribution in [0.3, 0.4) is 0 Å². The minimum Gasteiger partial charge on any atom is -0.352 e. The second-order valence-electron chi connectivity index (χ2n) is 7.18. The number of aromatic nitrogens is 2. The zero-order valence-electron chi connectivity index (χ0n) is 16.2. The molecule has 26 heavy (non-hydrogen) atoms. The summed E-state index contributed by atoms with van der Waals surface area (Å²) in [5, 5.41) is 0. The highest BCUT2D eigenvalue weighted by atomic mass is 16.2. The maximum absolute atomic E-state index is 12.8. The summed E-state index contributed by atoms with van der Waals surface area (Å²) in [6, 6.07) is 7.98. The van der Waals surface area contributed by atoms with Gasteiger partial charge >= 0.3 is 0 Å². The predicted molar refractivity (Wildman–Crippen MR) is 106 cm³/mol. The molecule has 0 aliphatic carbocycles. The Kier molecular flexibility index (Phi) is 6.07. The van der Waals surface area contributed by atoms with E-state index in [2.05, 4.69) is 18.7 Å². The Morgan fingerprint density at radius 2 is 1.73 bits per heavy atom. The van der Waals surface area contributed by atoms with Crippen molar-refractivity contribution in [2.45, 2.75) is 46.5 Å². The summed E-state index contributed by atoms with van der Waals surface area (Å²) >= 11 is 0. The van der Waals surface area contributed by atoms with Gasteiger partial charge in [-0.3, -0.25) is 4.79 Å². The highest BCUT2D eigenvalue weighted by Crippen LogP contribution is 2.22. The van der Waals surface area contributed by atoms with Gasteiger partial charge in [-0.15, -0.1) is 0 Å². The standard InChI is InChI=1S/C21H30N4O/c1-4-6-9-17(5-2)21(26)25-14-12-24(13-15-25)20-16(3)22-18-10-7-8-11-19(18)23-20/h7-8,10-11,17H,4-6,9,12-15H2,1-3H3. The number of benzene rings is 1. The summed E-state index contributed by atoms with van der Waals surface area (Å²) in [5.74, 6) is 1.47. The van der Waals surface area contributed by atoms with Gasteiger partial charge in [-0.05, 0) is 31.9 Å². The third-order valence-corrected chi connectivity index (χ3v) is 5.36. The fourth-order valence-corrected chi connectivity index (χ4v) is 3.73. The van der Waals surface area contributed by atoms with E-state index in [1.165, 1.54) is 0 Å². The molecule has 0 bridgehead atoms. The fraction of sp³-hybridized carbons (Fsp3) is 0.571. The molecule has 1 aliphatic heterocycles. The molecule has 1 unspecified atom stereocenters. The molecule has 140 valence electrons. The van der Waals surface area contributed by atoms with Crippen LogP contribution in [-0.4, -0.2) is 47.0 Å². The number of fused-ring (bicyclic) bond motifs is 1. The average molecular weight is 354 g/mol. The predicted octanol–water partition coefficient (Wildman–Crippen LogP) is 3.80. The van der Waals surface area contributed by atoms with Crippen LogP contribution in [-0.2, 0) is 4.79 Å². The van der Waals surface area contributed by atoms with Crippen LogP contribution in [0.4, 0.5) is 5.82 Å². The zero-order valence-corrected chi connectivity index (χ0v) is 16.2. The lowest BCUT2D eigenvalue weighted by molar-refractivity contribution is -0.136. The van der Waals surface area contributed by atoms with Crippen LogP contribution in [0, 0.1) is 12.8 Å². The molecule has 0 saturated carbocycles. The Hall–Kier alpha value is -2.17. The Balaban J connectivity index is 1.66. The van der Waals surface area contributed by atoms with Crippen LogP contribution in [0.2, 0.25) is 0 Å². The number of nitrogens with zero attached hydrogens (tertiary/aromatic N) is 4. The van der Waals surface area contributed by atoms with Gasteiger partial charge < -0.3 is 9.80 Å². The molecule has 5 nitrogen and oxygen atoms in total. The van der Waals surface area contributed by atoms with E-state index in [1.807, 2.05) is 36.1 Å². The number of unbranched alkanes of at least 4 members (excludes halogenated alkanes) is 1. The normalized spacial score (nSPS) is 16.1. The number of carbonyl (C=O) groups excluding carboxylic acids is 1. The number of piperazine rings is 1. The van der Waals surface area contributed by atoms with E-state index in [9.17, 15) is 4.79 Å². The molecular formula is C21H30N4O. The molecule has 3 rings (SSSR count). The molecule has 5 heteroatoms. The summed E-state index contributed by atoms with van der Waals surface area (Å²) < 4.78 is 0. The summed E-state index contributed by atoms with van der Waals surface area (Å²) in [5.41, 5.74) is 2.82. The molecule has 1 saturated heterocycles. The summed E-state index contributed by atoms with van der Waals surface area (Å²) in [6.07, 6.45) is 4.24. The lowest BCUT2D eigenvalue weighted by Gasteiger charge is -2.37. The van der Waals surface area contributed by atoms with Crippen molar-refractivity contribution in [3.05, 3.63) is 30.0 Å². The highest BCUT2D eigenvalue weighted by Gasteiger charge is 2.27. The van der Waals surface area contributed by atoms with E-state index in [0.29, 0.717) is 5.91 Å². The SMILES string of the molecule is CCCCC(CC)C(=O)N1CCN(c2nc3ccccc3nc2C)CC1. The monoisotopic (exact) mass is 354 g/mol. The smallest absolute Gasteiger partial charge is 0.225 e. The van der Waals surface area contributed by atoms with E-state index in [1.54, 1.807) is 0 Å². The third-order valence-electron chi connectivity index (χ3n) is 5.36. The van der Waals surface area contributed by atoms with Crippen molar-refractivity contribution in [2.24, 2.45) is 5.92 Å². The van der Waals surface area contributed by atoms with Crippen molar-refractivity contribution < 1.29 is 4.79 Å². The maximum Gasteiger partial charge on any atom is 0.225 e. The molecule has 1 amide bonds. The maximum atomic E-state index is 12.8. The van der Waals surface area contributed by atoms with Gasteiger partial charge in [-0.1, -0.05) is 38.8 Å². The Morgan fingerprint density at radius 1 is 1.08 bits per heavy atom. The quantitative estimate of drug-likeness (QED) is 0.792. The van der Waals surface area contributed by atoms with Crippen LogP contribution in [0.15, 0.2) is 24.3 Å². The van der Waals surface area contributed by atoms with Gasteiger partial charge in [-0.2, -0.15) is 0 Å². The van der Waals surface area contributed by atoms with Crippen LogP contribution >= 0.6 is 0 Å². The summed E-state index contributed by atoms with van der Waals surface area (Å²) in [6.45, 7) is 9.52. The van der Waals surface area contributed by atoms with Gasteiger partial charge in [0.05, 0.1) is 16.7 Å². The second kappa shape index (κ2) is 8.47. The van der Waals surface area contributed by atoms with Gasteiger partial charge in [0.25, 0.3) is 0 Å². The van der Waals surface area contributed by atoms with Gasteiger partial charge in [0.1, 0.15) is 0 Å². The minimum atomic E-state index is 0.184. The number of hydrogen-bond donors (Lipinski definition) is 0. The number of hydrogen-bond acceptors (Lipinski definition) is 4. The molecule has 1 aromatic heterocycles. The van der Waals surface area contributed by atoms with E-state index in [0.717, 1.165) is 74.4 Å². The van der Waals surface area contributed by atoms with E-state index < -0.39 is 0 Å². The van der Waals surface area contributed by atoms with E-state index >= 15 is 0 Å². The molecule has 0 radical (unpaired) electrons. The fourth-order valence-electron chi connectivity index (χ4n) is 3.73. The molecule has 0 spiro atoms. The van der Waals surface area contributed by atoms with Gasteiger partial charge in [0.2, 0.25) is 5.91 Å². The van der Waals surface area contributed by atoms with Crippen LogP contribution in [0.5, 0.6) is 0 Å². The number of carbonyl (C=O) groups is 1. The molecule has 0 N–H and O–H groups in total. The Bertz CT molecular complexity index is 753. The molecule has 1 fully saturated rings. The van der Waals surface area contributed by atoms with Crippen molar-refractivity contribution in [2.75, 3.05) is 31.1 Å². The third kappa shape index (κ3) is 3.97.